The zero-order valence-corrected chi connectivity index (χ0v) is 16.7. The number of hydrogen-bond donors (Lipinski definition) is 2. The Labute approximate surface area is 154 Å². The summed E-state index contributed by atoms with van der Waals surface area (Å²) in [6.07, 6.45) is 2.87. The zero-order valence-electron chi connectivity index (χ0n) is 10.8. The van der Waals surface area contributed by atoms with Gasteiger partial charge < -0.3 is 14.7 Å². The smallest absolute Gasteiger partial charge is 0.174 e. The molecule has 2 aromatic rings. The van der Waals surface area contributed by atoms with E-state index in [1.807, 2.05) is 18.3 Å². The van der Waals surface area contributed by atoms with E-state index < -0.39 is 0 Å². The molecule has 0 radical (unpaired) electrons. The second-order valence-corrected chi connectivity index (χ2v) is 7.88. The van der Waals surface area contributed by atoms with Crippen LogP contribution in [0.2, 0.25) is 0 Å². The molecule has 0 aliphatic heterocycles. The highest BCUT2D eigenvalue weighted by Crippen LogP contribution is 2.29. The van der Waals surface area contributed by atoms with Crippen LogP contribution in [0.3, 0.4) is 0 Å². The zero-order chi connectivity index (χ0) is 14.5. The summed E-state index contributed by atoms with van der Waals surface area (Å²) in [7, 11) is 0. The van der Waals surface area contributed by atoms with Crippen LogP contribution in [0.4, 0.5) is 0 Å². The van der Waals surface area contributed by atoms with Crippen LogP contribution in [-0.4, -0.2) is 15.4 Å². The highest BCUT2D eigenvalue weighted by atomic mass is 127. The van der Waals surface area contributed by atoms with Crippen LogP contribution >= 0.6 is 69.2 Å². The van der Waals surface area contributed by atoms with Crippen molar-refractivity contribution >= 4 is 69.2 Å². The maximum Gasteiger partial charge on any atom is 0.174 e. The van der Waals surface area contributed by atoms with E-state index in [0.29, 0.717) is 4.77 Å². The normalized spacial score (nSPS) is 12.3. The fourth-order valence-corrected chi connectivity index (χ4v) is 3.66. The van der Waals surface area contributed by atoms with Crippen LogP contribution < -0.4 is 4.74 Å². The molecule has 1 aromatic carbocycles. The van der Waals surface area contributed by atoms with Gasteiger partial charge in [0, 0.05) is 21.2 Å². The summed E-state index contributed by atoms with van der Waals surface area (Å²) >= 11 is 11.5. The molecule has 1 atom stereocenters. The Bertz CT molecular complexity index is 627. The van der Waals surface area contributed by atoms with Crippen LogP contribution in [-0.2, 0) is 5.75 Å². The van der Waals surface area contributed by atoms with Crippen molar-refractivity contribution in [3.8, 4) is 5.75 Å². The fourth-order valence-electron chi connectivity index (χ4n) is 1.58. The molecule has 108 valence electrons. The number of H-pyrrole nitrogens is 2. The van der Waals surface area contributed by atoms with Crippen LogP contribution in [0.1, 0.15) is 19.0 Å². The summed E-state index contributed by atoms with van der Waals surface area (Å²) in [5.74, 6) is 1.81. The van der Waals surface area contributed by atoms with Crippen LogP contribution in [0, 0.1) is 11.9 Å². The standard InChI is InChI=1S/C13H14I2N2OS2/c1-2-11(20-7-8-6-16-13(19)17-8)18-10-5-3-4-9(14)12(10)15/h3-6,11H,2,7H2,1H3,(H2,16,17,19). The van der Waals surface area contributed by atoms with E-state index in [1.165, 1.54) is 7.14 Å². The molecule has 1 heterocycles. The molecular formula is C13H14I2N2OS2. The molecule has 1 unspecified atom stereocenters. The van der Waals surface area contributed by atoms with Crippen molar-refractivity contribution in [3.63, 3.8) is 0 Å². The summed E-state index contributed by atoms with van der Waals surface area (Å²) in [5, 5.41) is 0. The lowest BCUT2D eigenvalue weighted by Crippen LogP contribution is -2.12. The van der Waals surface area contributed by atoms with Crippen molar-refractivity contribution in [2.45, 2.75) is 24.5 Å². The molecule has 0 spiro atoms. The molecule has 0 aliphatic rings. The molecule has 0 bridgehead atoms. The fraction of sp³-hybridized carbons (Fsp3) is 0.308. The first-order chi connectivity index (χ1) is 9.60. The molecule has 7 heteroatoms. The highest BCUT2D eigenvalue weighted by molar-refractivity contribution is 14.1. The maximum atomic E-state index is 6.10. The van der Waals surface area contributed by atoms with Gasteiger partial charge in [-0.1, -0.05) is 13.0 Å². The average molecular weight is 532 g/mol. The second kappa shape index (κ2) is 8.04. The number of thioether (sulfide) groups is 1. The van der Waals surface area contributed by atoms with Gasteiger partial charge in [0.15, 0.2) is 4.77 Å². The highest BCUT2D eigenvalue weighted by Gasteiger charge is 2.12. The van der Waals surface area contributed by atoms with Gasteiger partial charge in [-0.05, 0) is 76.0 Å². The van der Waals surface area contributed by atoms with E-state index in [2.05, 4.69) is 68.1 Å². The monoisotopic (exact) mass is 532 g/mol. The van der Waals surface area contributed by atoms with Gasteiger partial charge in [0.05, 0.1) is 3.57 Å². The second-order valence-electron chi connectivity index (χ2n) is 4.09. The summed E-state index contributed by atoms with van der Waals surface area (Å²) < 4.78 is 9.16. The van der Waals surface area contributed by atoms with Gasteiger partial charge in [0.25, 0.3) is 0 Å². The van der Waals surface area contributed by atoms with E-state index in [4.69, 9.17) is 17.0 Å². The number of ether oxygens (including phenoxy) is 1. The Balaban J connectivity index is 1.98. The third-order valence-corrected chi connectivity index (χ3v) is 7.13. The lowest BCUT2D eigenvalue weighted by Gasteiger charge is -2.18. The van der Waals surface area contributed by atoms with Gasteiger partial charge in [0.1, 0.15) is 11.2 Å². The van der Waals surface area contributed by atoms with E-state index in [0.717, 1.165) is 23.6 Å². The van der Waals surface area contributed by atoms with Crippen molar-refractivity contribution < 1.29 is 4.74 Å². The molecule has 0 saturated heterocycles. The SMILES string of the molecule is CCC(Oc1cccc(I)c1I)SCc1c[nH]c(=S)[nH]1. The number of aromatic nitrogens is 2. The number of aromatic amines is 2. The largest absolute Gasteiger partial charge is 0.479 e. The van der Waals surface area contributed by atoms with Crippen LogP contribution in [0.5, 0.6) is 5.75 Å². The molecule has 0 fully saturated rings. The topological polar surface area (TPSA) is 40.8 Å². The number of benzene rings is 1. The first kappa shape index (κ1) is 16.6. The van der Waals surface area contributed by atoms with Gasteiger partial charge >= 0.3 is 0 Å². The third-order valence-electron chi connectivity index (χ3n) is 2.58. The molecule has 20 heavy (non-hydrogen) atoms. The van der Waals surface area contributed by atoms with Crippen molar-refractivity contribution in [1.29, 1.82) is 0 Å². The number of imidazole rings is 1. The van der Waals surface area contributed by atoms with Gasteiger partial charge in [0.2, 0.25) is 0 Å². The summed E-state index contributed by atoms with van der Waals surface area (Å²) in [6, 6.07) is 6.14. The van der Waals surface area contributed by atoms with Gasteiger partial charge in [-0.15, -0.1) is 11.8 Å². The number of halogens is 2. The van der Waals surface area contributed by atoms with Gasteiger partial charge in [-0.3, -0.25) is 0 Å². The first-order valence-corrected chi connectivity index (χ1v) is 9.70. The quantitative estimate of drug-likeness (QED) is 0.301. The van der Waals surface area contributed by atoms with E-state index in [9.17, 15) is 0 Å². The van der Waals surface area contributed by atoms with Crippen molar-refractivity contribution in [1.82, 2.24) is 9.97 Å². The number of hydrogen-bond acceptors (Lipinski definition) is 3. The third kappa shape index (κ3) is 4.63. The Morgan fingerprint density at radius 3 is 2.85 bits per heavy atom. The Kier molecular flexibility index (Phi) is 6.69. The minimum Gasteiger partial charge on any atom is -0.479 e. The first-order valence-electron chi connectivity index (χ1n) is 6.09. The lowest BCUT2D eigenvalue weighted by molar-refractivity contribution is 0.281. The molecule has 2 rings (SSSR count). The minimum absolute atomic E-state index is 0.138. The number of rotatable bonds is 6. The van der Waals surface area contributed by atoms with Crippen molar-refractivity contribution in [2.24, 2.45) is 0 Å². The Morgan fingerprint density at radius 1 is 1.40 bits per heavy atom. The molecule has 2 N–H and O–H groups in total. The summed E-state index contributed by atoms with van der Waals surface area (Å²) in [5.41, 5.74) is 1.23. The van der Waals surface area contributed by atoms with Crippen LogP contribution in [0.25, 0.3) is 0 Å². The Morgan fingerprint density at radius 2 is 2.20 bits per heavy atom. The molecule has 0 amide bonds. The van der Waals surface area contributed by atoms with E-state index in [1.54, 1.807) is 11.8 Å². The summed E-state index contributed by atoms with van der Waals surface area (Å²) in [4.78, 5) is 6.10. The average Bonchev–Trinajstić information content (AvgIpc) is 2.85. The summed E-state index contributed by atoms with van der Waals surface area (Å²) in [6.45, 7) is 2.14. The predicted molar refractivity (Wildman–Crippen MR) is 104 cm³/mol. The predicted octanol–water partition coefficient (Wildman–Crippen LogP) is 5.33. The molecular weight excluding hydrogens is 518 g/mol. The van der Waals surface area contributed by atoms with Crippen molar-refractivity contribution in [3.05, 3.63) is 42.0 Å². The van der Waals surface area contributed by atoms with Gasteiger partial charge in [-0.25, -0.2) is 0 Å². The van der Waals surface area contributed by atoms with Crippen molar-refractivity contribution in [2.75, 3.05) is 0 Å². The van der Waals surface area contributed by atoms with E-state index in [-0.39, 0.29) is 5.44 Å². The van der Waals surface area contributed by atoms with E-state index >= 15 is 0 Å². The Hall–Kier alpha value is 0.260. The van der Waals surface area contributed by atoms with Crippen LogP contribution in [0.15, 0.2) is 24.4 Å². The minimum atomic E-state index is 0.138. The molecule has 3 nitrogen and oxygen atoms in total. The lowest BCUT2D eigenvalue weighted by atomic mass is 10.3. The molecule has 0 saturated carbocycles. The van der Waals surface area contributed by atoms with Gasteiger partial charge in [-0.2, -0.15) is 0 Å². The maximum absolute atomic E-state index is 6.10. The number of nitrogens with one attached hydrogen (secondary N) is 2. The molecule has 0 aliphatic carbocycles. The molecule has 1 aromatic heterocycles.